The van der Waals surface area contributed by atoms with E-state index in [1.807, 2.05) is 36.4 Å². The number of hydrogen-bond donors (Lipinski definition) is 5. The number of nitrogens with one attached hydrogen (secondary N) is 3. The first-order valence-electron chi connectivity index (χ1n) is 6.47. The minimum absolute atomic E-state index is 0. The number of H-pyrrole nitrogens is 1. The lowest BCUT2D eigenvalue weighted by atomic mass is 10.0. The van der Waals surface area contributed by atoms with Crippen LogP contribution in [0.15, 0.2) is 48.5 Å². The minimum atomic E-state index is -0.0461. The number of amidine groups is 2. The molecule has 0 aliphatic rings. The van der Waals surface area contributed by atoms with Crippen molar-refractivity contribution in [1.29, 1.82) is 10.8 Å². The molecule has 7 nitrogen and oxygen atoms in total. The van der Waals surface area contributed by atoms with Crippen LogP contribution in [0, 0.1) is 10.8 Å². The van der Waals surface area contributed by atoms with Gasteiger partial charge in [0.15, 0.2) is 0 Å². The van der Waals surface area contributed by atoms with E-state index >= 15 is 0 Å². The zero-order chi connectivity index (χ0) is 15.0. The van der Waals surface area contributed by atoms with Crippen LogP contribution in [0.2, 0.25) is 0 Å². The van der Waals surface area contributed by atoms with Crippen molar-refractivity contribution in [3.05, 3.63) is 59.7 Å². The van der Waals surface area contributed by atoms with Crippen LogP contribution in [0.5, 0.6) is 0 Å². The molecule has 7 heteroatoms. The summed E-state index contributed by atoms with van der Waals surface area (Å²) in [7, 11) is 0. The second kappa shape index (κ2) is 6.73. The van der Waals surface area contributed by atoms with Gasteiger partial charge in [-0.3, -0.25) is 10.8 Å². The van der Waals surface area contributed by atoms with Crippen LogP contribution >= 0.6 is 0 Å². The molecule has 3 aromatic rings. The molecule has 0 aliphatic heterocycles. The molecule has 0 spiro atoms. The number of fused-ring (bicyclic) bond motifs is 1. The maximum atomic E-state index is 7.72. The van der Waals surface area contributed by atoms with E-state index in [4.69, 9.17) is 22.3 Å². The molecule has 0 unspecified atom stereocenters. The first-order chi connectivity index (χ1) is 10.1. The van der Waals surface area contributed by atoms with Crippen molar-refractivity contribution in [1.82, 2.24) is 4.98 Å². The SMILES string of the molecule is N=C(N)c1cc(C(=N)N)c2cc(-c3ccccc3)[nH]c2c1.O.O. The lowest BCUT2D eigenvalue weighted by Gasteiger charge is -2.04. The highest BCUT2D eigenvalue weighted by atomic mass is 16.0. The van der Waals surface area contributed by atoms with Crippen LogP contribution in [-0.4, -0.2) is 27.6 Å². The predicted molar refractivity (Wildman–Crippen MR) is 93.0 cm³/mol. The third-order valence-corrected chi connectivity index (χ3v) is 3.42. The summed E-state index contributed by atoms with van der Waals surface area (Å²) in [4.78, 5) is 3.30. The molecule has 11 N–H and O–H groups in total. The Hall–Kier alpha value is -3.16. The van der Waals surface area contributed by atoms with Gasteiger partial charge in [0.25, 0.3) is 0 Å². The molecular weight excluding hydrogens is 294 g/mol. The maximum absolute atomic E-state index is 7.72. The topological polar surface area (TPSA) is 179 Å². The molecule has 0 saturated heterocycles. The Morgan fingerprint density at radius 3 is 2.09 bits per heavy atom. The number of aromatic nitrogens is 1. The van der Waals surface area contributed by atoms with Crippen LogP contribution in [0.1, 0.15) is 11.1 Å². The molecule has 2 aromatic carbocycles. The van der Waals surface area contributed by atoms with Crippen LogP contribution in [-0.2, 0) is 0 Å². The van der Waals surface area contributed by atoms with Gasteiger partial charge in [-0.25, -0.2) is 0 Å². The molecule has 23 heavy (non-hydrogen) atoms. The van der Waals surface area contributed by atoms with Crippen LogP contribution in [0.25, 0.3) is 22.2 Å². The molecule has 0 aliphatic carbocycles. The van der Waals surface area contributed by atoms with Crippen molar-refractivity contribution in [2.75, 3.05) is 0 Å². The summed E-state index contributed by atoms with van der Waals surface area (Å²) < 4.78 is 0. The zero-order valence-corrected chi connectivity index (χ0v) is 12.3. The van der Waals surface area contributed by atoms with Crippen molar-refractivity contribution in [2.24, 2.45) is 11.5 Å². The molecule has 0 saturated carbocycles. The quantitative estimate of drug-likeness (QED) is 0.354. The molecule has 0 atom stereocenters. The van der Waals surface area contributed by atoms with Crippen molar-refractivity contribution >= 4 is 22.6 Å². The number of nitrogens with two attached hydrogens (primary N) is 2. The summed E-state index contributed by atoms with van der Waals surface area (Å²) in [6, 6.07) is 15.3. The van der Waals surface area contributed by atoms with Crippen molar-refractivity contribution in [3.8, 4) is 11.3 Å². The summed E-state index contributed by atoms with van der Waals surface area (Å²) in [5.41, 5.74) is 15.1. The van der Waals surface area contributed by atoms with E-state index in [2.05, 4.69) is 4.98 Å². The fourth-order valence-electron chi connectivity index (χ4n) is 2.39. The van der Waals surface area contributed by atoms with Gasteiger partial charge in [-0.2, -0.15) is 0 Å². The second-order valence-corrected chi connectivity index (χ2v) is 4.86. The van der Waals surface area contributed by atoms with Gasteiger partial charge in [0.05, 0.1) is 0 Å². The van der Waals surface area contributed by atoms with E-state index in [9.17, 15) is 0 Å². The molecule has 3 rings (SSSR count). The third kappa shape index (κ3) is 3.20. The van der Waals surface area contributed by atoms with Crippen molar-refractivity contribution < 1.29 is 11.0 Å². The first kappa shape index (κ1) is 17.9. The standard InChI is InChI=1S/C16H15N5.2H2O/c17-15(18)10-6-12(16(19)20)11-8-13(21-14(11)7-10)9-4-2-1-3-5-9;;/h1-8,21H,(H3,17,18)(H3,19,20);2*1H2. The second-order valence-electron chi connectivity index (χ2n) is 4.86. The Morgan fingerprint density at radius 1 is 0.870 bits per heavy atom. The normalized spacial score (nSPS) is 9.74. The van der Waals surface area contributed by atoms with Gasteiger partial charge in [0.1, 0.15) is 11.7 Å². The monoisotopic (exact) mass is 313 g/mol. The fourth-order valence-corrected chi connectivity index (χ4v) is 2.39. The Morgan fingerprint density at radius 2 is 1.52 bits per heavy atom. The third-order valence-electron chi connectivity index (χ3n) is 3.42. The first-order valence-corrected chi connectivity index (χ1v) is 6.47. The highest BCUT2D eigenvalue weighted by Crippen LogP contribution is 2.27. The summed E-state index contributed by atoms with van der Waals surface area (Å²) >= 11 is 0. The number of benzene rings is 2. The summed E-state index contributed by atoms with van der Waals surface area (Å²) in [5.74, 6) is -0.0861. The zero-order valence-electron chi connectivity index (χ0n) is 12.3. The van der Waals surface area contributed by atoms with Gasteiger partial charge in [-0.05, 0) is 23.8 Å². The van der Waals surface area contributed by atoms with Gasteiger partial charge in [0.2, 0.25) is 0 Å². The number of rotatable bonds is 3. The van der Waals surface area contributed by atoms with Gasteiger partial charge in [-0.1, -0.05) is 30.3 Å². The average molecular weight is 313 g/mol. The van der Waals surface area contributed by atoms with E-state index in [0.29, 0.717) is 11.1 Å². The van der Waals surface area contributed by atoms with Gasteiger partial charge in [0, 0.05) is 27.7 Å². The Bertz CT molecular complexity index is 856. The Labute approximate surface area is 132 Å². The van der Waals surface area contributed by atoms with Crippen LogP contribution in [0.4, 0.5) is 0 Å². The van der Waals surface area contributed by atoms with Crippen molar-refractivity contribution in [2.45, 2.75) is 0 Å². The summed E-state index contributed by atoms with van der Waals surface area (Å²) in [5, 5.41) is 16.1. The summed E-state index contributed by atoms with van der Waals surface area (Å²) in [6.45, 7) is 0. The lowest BCUT2D eigenvalue weighted by Crippen LogP contribution is -2.15. The minimum Gasteiger partial charge on any atom is -0.412 e. The molecule has 120 valence electrons. The molecule has 0 fully saturated rings. The fraction of sp³-hybridized carbons (Fsp3) is 0. The molecule has 0 amide bonds. The summed E-state index contributed by atoms with van der Waals surface area (Å²) in [6.07, 6.45) is 0. The molecular formula is C16H19N5O2. The van der Waals surface area contributed by atoms with Crippen LogP contribution in [0.3, 0.4) is 0 Å². The molecule has 1 heterocycles. The number of aromatic amines is 1. The largest absolute Gasteiger partial charge is 0.412 e. The van der Waals surface area contributed by atoms with Crippen molar-refractivity contribution in [3.63, 3.8) is 0 Å². The van der Waals surface area contributed by atoms with Gasteiger partial charge in [-0.15, -0.1) is 0 Å². The van der Waals surface area contributed by atoms with E-state index in [0.717, 1.165) is 22.2 Å². The number of nitrogen functional groups attached to an aromatic ring is 2. The highest BCUT2D eigenvalue weighted by Gasteiger charge is 2.12. The lowest BCUT2D eigenvalue weighted by molar-refractivity contribution is 0.823. The Balaban J connectivity index is 0.00000132. The van der Waals surface area contributed by atoms with E-state index < -0.39 is 0 Å². The van der Waals surface area contributed by atoms with E-state index in [1.54, 1.807) is 12.1 Å². The van der Waals surface area contributed by atoms with Crippen LogP contribution < -0.4 is 11.5 Å². The van der Waals surface area contributed by atoms with E-state index in [1.165, 1.54) is 0 Å². The molecule has 0 radical (unpaired) electrons. The molecule has 0 bridgehead atoms. The van der Waals surface area contributed by atoms with E-state index in [-0.39, 0.29) is 22.6 Å². The van der Waals surface area contributed by atoms with Gasteiger partial charge >= 0.3 is 0 Å². The maximum Gasteiger partial charge on any atom is 0.123 e. The number of hydrogen-bond acceptors (Lipinski definition) is 2. The Kier molecular flexibility index (Phi) is 5.24. The average Bonchev–Trinajstić information content (AvgIpc) is 2.90. The molecule has 1 aromatic heterocycles. The van der Waals surface area contributed by atoms with Gasteiger partial charge < -0.3 is 27.4 Å². The smallest absolute Gasteiger partial charge is 0.123 e. The predicted octanol–water partition coefficient (Wildman–Crippen LogP) is 0.754. The highest BCUT2D eigenvalue weighted by molar-refractivity contribution is 6.11.